The van der Waals surface area contributed by atoms with Gasteiger partial charge in [-0.25, -0.2) is 0 Å². The lowest BCUT2D eigenvalue weighted by Gasteiger charge is -2.15. The summed E-state index contributed by atoms with van der Waals surface area (Å²) in [6.07, 6.45) is 2.25. The molecule has 0 unspecified atom stereocenters. The minimum Gasteiger partial charge on any atom is -0.315 e. The molecule has 2 aromatic carbocycles. The van der Waals surface area contributed by atoms with Crippen molar-refractivity contribution in [1.29, 1.82) is 0 Å². The van der Waals surface area contributed by atoms with E-state index in [1.54, 1.807) is 0 Å². The summed E-state index contributed by atoms with van der Waals surface area (Å²) in [6, 6.07) is 20.1. The number of hydrogen-bond donors (Lipinski definition) is 2. The topological polar surface area (TPSA) is 24.1 Å². The van der Waals surface area contributed by atoms with Crippen molar-refractivity contribution in [3.05, 3.63) is 71.3 Å². The normalized spacial score (nSPS) is 12.5. The average Bonchev–Trinajstić information content (AvgIpc) is 2.59. The van der Waals surface area contributed by atoms with E-state index in [4.69, 9.17) is 0 Å². The van der Waals surface area contributed by atoms with Gasteiger partial charge in [0.2, 0.25) is 0 Å². The van der Waals surface area contributed by atoms with Crippen LogP contribution < -0.4 is 10.6 Å². The first kappa shape index (κ1) is 18.7. The number of nitrogens with one attached hydrogen (secondary N) is 2. The molecule has 0 aliphatic carbocycles. The van der Waals surface area contributed by atoms with E-state index in [2.05, 4.69) is 86.0 Å². The van der Waals surface area contributed by atoms with Crippen LogP contribution in [0, 0.1) is 5.92 Å². The van der Waals surface area contributed by atoms with Gasteiger partial charge in [-0.2, -0.15) is 0 Å². The van der Waals surface area contributed by atoms with Crippen molar-refractivity contribution in [3.8, 4) is 0 Å². The molecule has 0 bridgehead atoms. The van der Waals surface area contributed by atoms with E-state index in [9.17, 15) is 0 Å². The van der Waals surface area contributed by atoms with Crippen molar-refractivity contribution in [2.45, 2.75) is 39.7 Å². The Balaban J connectivity index is 1.61. The molecule has 0 aromatic heterocycles. The first-order chi connectivity index (χ1) is 11.6. The van der Waals surface area contributed by atoms with E-state index < -0.39 is 0 Å². The molecule has 0 spiro atoms. The Morgan fingerprint density at radius 2 is 1.46 bits per heavy atom. The maximum absolute atomic E-state index is 3.60. The molecule has 2 heteroatoms. The van der Waals surface area contributed by atoms with Crippen LogP contribution in [0.2, 0.25) is 0 Å². The van der Waals surface area contributed by atoms with Gasteiger partial charge in [-0.15, -0.1) is 0 Å². The van der Waals surface area contributed by atoms with Crippen molar-refractivity contribution < 1.29 is 0 Å². The van der Waals surface area contributed by atoms with Crippen molar-refractivity contribution >= 4 is 0 Å². The zero-order chi connectivity index (χ0) is 17.2. The van der Waals surface area contributed by atoms with Gasteiger partial charge in [0.1, 0.15) is 0 Å². The van der Waals surface area contributed by atoms with Crippen LogP contribution in [0.5, 0.6) is 0 Å². The summed E-state index contributed by atoms with van der Waals surface area (Å²) in [6.45, 7) is 9.80. The molecule has 0 amide bonds. The van der Waals surface area contributed by atoms with Crippen LogP contribution in [0.15, 0.2) is 54.6 Å². The summed E-state index contributed by atoms with van der Waals surface area (Å²) in [7, 11) is 0. The molecular formula is C22H32N2. The van der Waals surface area contributed by atoms with Crippen LogP contribution in [0.4, 0.5) is 0 Å². The highest BCUT2D eigenvalue weighted by atomic mass is 15.0. The molecule has 0 radical (unpaired) electrons. The van der Waals surface area contributed by atoms with E-state index >= 15 is 0 Å². The summed E-state index contributed by atoms with van der Waals surface area (Å²) < 4.78 is 0. The Hall–Kier alpha value is -1.64. The third-order valence-corrected chi connectivity index (χ3v) is 4.31. The highest BCUT2D eigenvalue weighted by Crippen LogP contribution is 2.15. The quantitative estimate of drug-likeness (QED) is 0.634. The van der Waals surface area contributed by atoms with E-state index in [0.29, 0.717) is 12.0 Å². The van der Waals surface area contributed by atoms with E-state index in [-0.39, 0.29) is 0 Å². The van der Waals surface area contributed by atoms with E-state index in [1.807, 2.05) is 0 Å². The fourth-order valence-corrected chi connectivity index (χ4v) is 2.91. The zero-order valence-corrected chi connectivity index (χ0v) is 15.4. The van der Waals surface area contributed by atoms with Gasteiger partial charge in [0.25, 0.3) is 0 Å². The van der Waals surface area contributed by atoms with E-state index in [0.717, 1.165) is 32.5 Å². The van der Waals surface area contributed by atoms with Crippen LogP contribution in [0.25, 0.3) is 0 Å². The Morgan fingerprint density at radius 1 is 0.750 bits per heavy atom. The largest absolute Gasteiger partial charge is 0.315 e. The predicted octanol–water partition coefficient (Wildman–Crippen LogP) is 4.37. The molecule has 0 aliphatic heterocycles. The lowest BCUT2D eigenvalue weighted by Crippen LogP contribution is -2.30. The molecule has 2 N–H and O–H groups in total. The second kappa shape index (κ2) is 10.3. The van der Waals surface area contributed by atoms with Crippen LogP contribution in [0.1, 0.15) is 43.5 Å². The van der Waals surface area contributed by atoms with Gasteiger partial charge in [-0.1, -0.05) is 68.4 Å². The third-order valence-electron chi connectivity index (χ3n) is 4.31. The standard InChI is InChI=1S/C22H32N2/c1-18(2)17-21-9-11-22(12-10-21)19(3)24-16-15-23-14-13-20-7-5-4-6-8-20/h4-12,18-19,23-24H,13-17H2,1-3H3/t19-/m0/s1. The van der Waals surface area contributed by atoms with Crippen LogP contribution in [-0.2, 0) is 12.8 Å². The Kier molecular flexibility index (Phi) is 8.00. The highest BCUT2D eigenvalue weighted by molar-refractivity contribution is 5.25. The van der Waals surface area contributed by atoms with Crippen LogP contribution >= 0.6 is 0 Å². The minimum absolute atomic E-state index is 0.397. The second-order valence-electron chi connectivity index (χ2n) is 7.00. The number of benzene rings is 2. The molecule has 0 saturated heterocycles. The molecule has 24 heavy (non-hydrogen) atoms. The Bertz CT molecular complexity index is 560. The van der Waals surface area contributed by atoms with Gasteiger partial charge in [0.05, 0.1) is 0 Å². The fraction of sp³-hybridized carbons (Fsp3) is 0.455. The zero-order valence-electron chi connectivity index (χ0n) is 15.4. The third kappa shape index (κ3) is 6.86. The second-order valence-corrected chi connectivity index (χ2v) is 7.00. The van der Waals surface area contributed by atoms with Crippen molar-refractivity contribution in [2.24, 2.45) is 5.92 Å². The molecule has 0 saturated carbocycles. The lowest BCUT2D eigenvalue weighted by atomic mass is 10.00. The molecule has 0 heterocycles. The summed E-state index contributed by atoms with van der Waals surface area (Å²) in [5.74, 6) is 0.716. The van der Waals surface area contributed by atoms with Gasteiger partial charge >= 0.3 is 0 Å². The fourth-order valence-electron chi connectivity index (χ4n) is 2.91. The van der Waals surface area contributed by atoms with Crippen LogP contribution in [0.3, 0.4) is 0 Å². The maximum Gasteiger partial charge on any atom is 0.0292 e. The van der Waals surface area contributed by atoms with Crippen molar-refractivity contribution in [3.63, 3.8) is 0 Å². The Morgan fingerprint density at radius 3 is 2.12 bits per heavy atom. The number of rotatable bonds is 10. The monoisotopic (exact) mass is 324 g/mol. The summed E-state index contributed by atoms with van der Waals surface area (Å²) in [5.41, 5.74) is 4.20. The molecule has 1 atom stereocenters. The number of hydrogen-bond acceptors (Lipinski definition) is 2. The molecule has 130 valence electrons. The summed E-state index contributed by atoms with van der Waals surface area (Å²) in [5, 5.41) is 7.10. The molecule has 2 rings (SSSR count). The Labute approximate surface area is 147 Å². The van der Waals surface area contributed by atoms with Gasteiger partial charge in [-0.05, 0) is 48.9 Å². The average molecular weight is 325 g/mol. The van der Waals surface area contributed by atoms with Crippen molar-refractivity contribution in [1.82, 2.24) is 10.6 Å². The first-order valence-electron chi connectivity index (χ1n) is 9.22. The minimum atomic E-state index is 0.397. The molecule has 2 aromatic rings. The summed E-state index contributed by atoms with van der Waals surface area (Å²) >= 11 is 0. The molecule has 0 fully saturated rings. The molecular weight excluding hydrogens is 292 g/mol. The predicted molar refractivity (Wildman–Crippen MR) is 104 cm³/mol. The van der Waals surface area contributed by atoms with Gasteiger partial charge < -0.3 is 10.6 Å². The molecule has 2 nitrogen and oxygen atoms in total. The first-order valence-corrected chi connectivity index (χ1v) is 9.22. The highest BCUT2D eigenvalue weighted by Gasteiger charge is 2.05. The van der Waals surface area contributed by atoms with Crippen molar-refractivity contribution in [2.75, 3.05) is 19.6 Å². The lowest BCUT2D eigenvalue weighted by molar-refractivity contribution is 0.546. The summed E-state index contributed by atoms with van der Waals surface area (Å²) in [4.78, 5) is 0. The molecule has 0 aliphatic rings. The van der Waals surface area contributed by atoms with Gasteiger partial charge in [-0.3, -0.25) is 0 Å². The smallest absolute Gasteiger partial charge is 0.0292 e. The van der Waals surface area contributed by atoms with Crippen LogP contribution in [-0.4, -0.2) is 19.6 Å². The van der Waals surface area contributed by atoms with Gasteiger partial charge in [0.15, 0.2) is 0 Å². The SMILES string of the molecule is CC(C)Cc1ccc([C@H](C)NCCNCCc2ccccc2)cc1. The maximum atomic E-state index is 3.60. The van der Waals surface area contributed by atoms with Gasteiger partial charge in [0, 0.05) is 19.1 Å². The van der Waals surface area contributed by atoms with E-state index in [1.165, 1.54) is 16.7 Å².